The average molecular weight is 200 g/mol. The third-order valence-corrected chi connectivity index (χ3v) is 3.64. The van der Waals surface area contributed by atoms with Gasteiger partial charge in [0.25, 0.3) is 0 Å². The molecule has 0 heterocycles. The number of unbranched alkanes of at least 4 members (excludes halogenated alkanes) is 1. The molecule has 2 unspecified atom stereocenters. The zero-order valence-electron chi connectivity index (χ0n) is 10.9. The Morgan fingerprint density at radius 1 is 1.14 bits per heavy atom. The van der Waals surface area contributed by atoms with E-state index in [9.17, 15) is 5.11 Å². The lowest BCUT2D eigenvalue weighted by Crippen LogP contribution is -2.48. The van der Waals surface area contributed by atoms with Crippen molar-refractivity contribution in [2.45, 2.75) is 72.8 Å². The molecule has 1 heteroatoms. The topological polar surface area (TPSA) is 20.2 Å². The lowest BCUT2D eigenvalue weighted by molar-refractivity contribution is -0.108. The second-order valence-corrected chi connectivity index (χ2v) is 5.59. The summed E-state index contributed by atoms with van der Waals surface area (Å²) >= 11 is 0. The van der Waals surface area contributed by atoms with Gasteiger partial charge in [0.1, 0.15) is 0 Å². The first-order chi connectivity index (χ1) is 6.29. The average Bonchev–Trinajstić information content (AvgIpc) is 2.10. The van der Waals surface area contributed by atoms with Crippen LogP contribution in [0.15, 0.2) is 0 Å². The Kier molecular flexibility index (Phi) is 5.14. The van der Waals surface area contributed by atoms with Gasteiger partial charge in [-0.1, -0.05) is 60.8 Å². The van der Waals surface area contributed by atoms with Crippen molar-refractivity contribution < 1.29 is 5.11 Å². The molecule has 0 aromatic carbocycles. The van der Waals surface area contributed by atoms with Gasteiger partial charge in [0.15, 0.2) is 0 Å². The molecule has 0 aliphatic rings. The Hall–Kier alpha value is -0.0400. The summed E-state index contributed by atoms with van der Waals surface area (Å²) in [5.41, 5.74) is -0.518. The van der Waals surface area contributed by atoms with Gasteiger partial charge in [-0.15, -0.1) is 0 Å². The summed E-state index contributed by atoms with van der Waals surface area (Å²) in [7, 11) is 0. The Bertz CT molecular complexity index is 157. The van der Waals surface area contributed by atoms with E-state index in [0.29, 0.717) is 5.92 Å². The van der Waals surface area contributed by atoms with Gasteiger partial charge in [-0.3, -0.25) is 0 Å². The number of aliphatic hydroxyl groups is 1. The maximum atomic E-state index is 10.7. The van der Waals surface area contributed by atoms with E-state index in [-0.39, 0.29) is 5.41 Å². The highest BCUT2D eigenvalue weighted by Crippen LogP contribution is 2.41. The summed E-state index contributed by atoms with van der Waals surface area (Å²) < 4.78 is 0. The van der Waals surface area contributed by atoms with E-state index in [2.05, 4.69) is 41.5 Å². The number of hydrogen-bond donors (Lipinski definition) is 1. The van der Waals surface area contributed by atoms with Crippen molar-refractivity contribution in [2.24, 2.45) is 11.3 Å². The molecule has 1 nitrogen and oxygen atoms in total. The van der Waals surface area contributed by atoms with E-state index in [4.69, 9.17) is 0 Å². The molecule has 0 aromatic heterocycles. The molecule has 14 heavy (non-hydrogen) atoms. The van der Waals surface area contributed by atoms with Crippen LogP contribution in [0, 0.1) is 11.3 Å². The van der Waals surface area contributed by atoms with Gasteiger partial charge in [-0.05, 0) is 17.8 Å². The Morgan fingerprint density at radius 2 is 1.64 bits per heavy atom. The van der Waals surface area contributed by atoms with E-state index in [0.717, 1.165) is 25.7 Å². The van der Waals surface area contributed by atoms with Crippen LogP contribution >= 0.6 is 0 Å². The van der Waals surface area contributed by atoms with Crippen LogP contribution in [0.4, 0.5) is 0 Å². The first-order valence-electron chi connectivity index (χ1n) is 6.02. The van der Waals surface area contributed by atoms with Crippen molar-refractivity contribution in [3.05, 3.63) is 0 Å². The summed E-state index contributed by atoms with van der Waals surface area (Å²) in [5, 5.41) is 10.7. The van der Waals surface area contributed by atoms with Crippen LogP contribution in [0.25, 0.3) is 0 Å². The molecule has 1 N–H and O–H groups in total. The molecule has 86 valence electrons. The molecule has 0 bridgehead atoms. The summed E-state index contributed by atoms with van der Waals surface area (Å²) in [6, 6.07) is 0. The first-order valence-corrected chi connectivity index (χ1v) is 6.02. The Balaban J connectivity index is 4.67. The fourth-order valence-corrected chi connectivity index (χ4v) is 2.14. The van der Waals surface area contributed by atoms with Crippen molar-refractivity contribution in [3.63, 3.8) is 0 Å². The molecule has 2 atom stereocenters. The summed E-state index contributed by atoms with van der Waals surface area (Å²) in [4.78, 5) is 0. The zero-order valence-corrected chi connectivity index (χ0v) is 10.9. The van der Waals surface area contributed by atoms with Gasteiger partial charge >= 0.3 is 0 Å². The Morgan fingerprint density at radius 3 is 1.93 bits per heavy atom. The third kappa shape index (κ3) is 2.98. The largest absolute Gasteiger partial charge is 0.389 e. The zero-order chi connectivity index (χ0) is 11.4. The minimum atomic E-state index is -0.502. The van der Waals surface area contributed by atoms with E-state index >= 15 is 0 Å². The van der Waals surface area contributed by atoms with Crippen LogP contribution in [0.1, 0.15) is 67.2 Å². The van der Waals surface area contributed by atoms with E-state index in [1.54, 1.807) is 0 Å². The van der Waals surface area contributed by atoms with Gasteiger partial charge < -0.3 is 5.11 Å². The van der Waals surface area contributed by atoms with E-state index in [1.165, 1.54) is 0 Å². The lowest BCUT2D eigenvalue weighted by atomic mass is 9.66. The highest BCUT2D eigenvalue weighted by Gasteiger charge is 2.42. The summed E-state index contributed by atoms with van der Waals surface area (Å²) in [6.07, 6.45) is 4.27. The molecule has 0 saturated carbocycles. The molecule has 0 rings (SSSR count). The maximum absolute atomic E-state index is 10.7. The monoisotopic (exact) mass is 200 g/mol. The molecule has 0 saturated heterocycles. The maximum Gasteiger partial charge on any atom is 0.0721 e. The van der Waals surface area contributed by atoms with Crippen LogP contribution < -0.4 is 0 Å². The summed E-state index contributed by atoms with van der Waals surface area (Å²) in [6.45, 7) is 13.0. The van der Waals surface area contributed by atoms with Crippen molar-refractivity contribution >= 4 is 0 Å². The second kappa shape index (κ2) is 5.16. The minimum absolute atomic E-state index is 0.0163. The van der Waals surface area contributed by atoms with Crippen molar-refractivity contribution in [1.29, 1.82) is 0 Å². The standard InChI is InChI=1S/C13H28O/c1-7-9-10-13(14,11(3)8-2)12(4,5)6/h11,14H,7-10H2,1-6H3. The molecule has 0 amide bonds. The summed E-state index contributed by atoms with van der Waals surface area (Å²) in [5.74, 6) is 0.383. The fraction of sp³-hybridized carbons (Fsp3) is 1.00. The van der Waals surface area contributed by atoms with Gasteiger partial charge in [0.05, 0.1) is 5.60 Å². The highest BCUT2D eigenvalue weighted by atomic mass is 16.3. The van der Waals surface area contributed by atoms with Gasteiger partial charge in [0.2, 0.25) is 0 Å². The quantitative estimate of drug-likeness (QED) is 0.711. The number of rotatable bonds is 5. The second-order valence-electron chi connectivity index (χ2n) is 5.59. The van der Waals surface area contributed by atoms with Gasteiger partial charge in [-0.25, -0.2) is 0 Å². The molecule has 0 aliphatic carbocycles. The van der Waals surface area contributed by atoms with Gasteiger partial charge in [-0.2, -0.15) is 0 Å². The molecular weight excluding hydrogens is 172 g/mol. The van der Waals surface area contributed by atoms with E-state index in [1.807, 2.05) is 0 Å². The van der Waals surface area contributed by atoms with Crippen LogP contribution in [0.2, 0.25) is 0 Å². The first kappa shape index (κ1) is 14.0. The lowest BCUT2D eigenvalue weighted by Gasteiger charge is -2.45. The minimum Gasteiger partial charge on any atom is -0.389 e. The predicted molar refractivity (Wildman–Crippen MR) is 63.4 cm³/mol. The molecule has 0 aliphatic heterocycles. The smallest absolute Gasteiger partial charge is 0.0721 e. The fourth-order valence-electron chi connectivity index (χ4n) is 2.14. The van der Waals surface area contributed by atoms with Crippen LogP contribution in [0.5, 0.6) is 0 Å². The SMILES string of the molecule is CCCCC(O)(C(C)CC)C(C)(C)C. The van der Waals surface area contributed by atoms with Crippen LogP contribution in [0.3, 0.4) is 0 Å². The van der Waals surface area contributed by atoms with Crippen molar-refractivity contribution in [1.82, 2.24) is 0 Å². The van der Waals surface area contributed by atoms with E-state index < -0.39 is 5.60 Å². The Labute approximate surface area is 89.9 Å². The highest BCUT2D eigenvalue weighted by molar-refractivity contribution is 4.93. The van der Waals surface area contributed by atoms with Gasteiger partial charge in [0, 0.05) is 0 Å². The molecular formula is C13H28O. The van der Waals surface area contributed by atoms with Crippen LogP contribution in [-0.2, 0) is 0 Å². The molecule has 0 aromatic rings. The van der Waals surface area contributed by atoms with Crippen molar-refractivity contribution in [3.8, 4) is 0 Å². The third-order valence-electron chi connectivity index (χ3n) is 3.64. The molecule has 0 radical (unpaired) electrons. The normalized spacial score (nSPS) is 19.1. The predicted octanol–water partition coefficient (Wildman–Crippen LogP) is 4.00. The van der Waals surface area contributed by atoms with Crippen LogP contribution in [-0.4, -0.2) is 10.7 Å². The van der Waals surface area contributed by atoms with Crippen molar-refractivity contribution in [2.75, 3.05) is 0 Å². The number of hydrogen-bond acceptors (Lipinski definition) is 1. The molecule has 0 spiro atoms. The molecule has 0 fully saturated rings.